The second-order valence-corrected chi connectivity index (χ2v) is 4.24. The van der Waals surface area contributed by atoms with Crippen LogP contribution in [0.3, 0.4) is 0 Å². The molecule has 6 nitrogen and oxygen atoms in total. The van der Waals surface area contributed by atoms with Crippen LogP contribution in [-0.2, 0) is 0 Å². The molecular weight excluding hydrogens is 234 g/mol. The fourth-order valence-electron chi connectivity index (χ4n) is 1.88. The molecule has 1 aliphatic rings. The summed E-state index contributed by atoms with van der Waals surface area (Å²) in [6, 6.07) is 2.98. The van der Waals surface area contributed by atoms with E-state index in [1.54, 1.807) is 0 Å². The molecule has 0 radical (unpaired) electrons. The summed E-state index contributed by atoms with van der Waals surface area (Å²) in [5, 5.41) is 14.8. The van der Waals surface area contributed by atoms with Gasteiger partial charge in [0.25, 0.3) is 5.91 Å². The summed E-state index contributed by atoms with van der Waals surface area (Å²) < 4.78 is 0. The van der Waals surface area contributed by atoms with E-state index in [0.717, 1.165) is 25.9 Å². The van der Waals surface area contributed by atoms with E-state index in [9.17, 15) is 9.59 Å². The number of pyridine rings is 1. The van der Waals surface area contributed by atoms with Crippen LogP contribution in [-0.4, -0.2) is 41.1 Å². The lowest BCUT2D eigenvalue weighted by molar-refractivity contribution is 0.0695. The predicted octanol–water partition coefficient (Wildman–Crippen LogP) is 0.262. The van der Waals surface area contributed by atoms with Crippen LogP contribution in [0.15, 0.2) is 18.3 Å². The Morgan fingerprint density at radius 2 is 2.06 bits per heavy atom. The van der Waals surface area contributed by atoms with Crippen LogP contribution in [0.2, 0.25) is 0 Å². The summed E-state index contributed by atoms with van der Waals surface area (Å²) in [5.74, 6) is -1.30. The van der Waals surface area contributed by atoms with Gasteiger partial charge in [0.05, 0.1) is 5.56 Å². The van der Waals surface area contributed by atoms with E-state index >= 15 is 0 Å². The van der Waals surface area contributed by atoms with E-state index < -0.39 is 5.97 Å². The number of nitrogens with zero attached hydrogens (tertiary/aromatic N) is 1. The largest absolute Gasteiger partial charge is 0.478 e. The predicted molar refractivity (Wildman–Crippen MR) is 64.6 cm³/mol. The fraction of sp³-hybridized carbons (Fsp3) is 0.417. The summed E-state index contributed by atoms with van der Waals surface area (Å²) >= 11 is 0. The number of carboxylic acids is 1. The van der Waals surface area contributed by atoms with Crippen LogP contribution >= 0.6 is 0 Å². The number of carboxylic acid groups (broad SMARTS) is 1. The number of carbonyl (C=O) groups excluding carboxylic acids is 1. The summed E-state index contributed by atoms with van der Waals surface area (Å²) in [5.41, 5.74) is 0.326. The molecule has 0 bridgehead atoms. The Kier molecular flexibility index (Phi) is 3.88. The highest BCUT2D eigenvalue weighted by molar-refractivity contribution is 5.93. The van der Waals surface area contributed by atoms with Crippen LogP contribution in [0, 0.1) is 0 Å². The highest BCUT2D eigenvalue weighted by Crippen LogP contribution is 2.05. The first-order valence-corrected chi connectivity index (χ1v) is 5.88. The molecule has 1 aromatic rings. The third-order valence-corrected chi connectivity index (χ3v) is 2.92. The lowest BCUT2D eigenvalue weighted by Gasteiger charge is -2.23. The van der Waals surface area contributed by atoms with Gasteiger partial charge in [-0.25, -0.2) is 4.79 Å². The third kappa shape index (κ3) is 3.04. The van der Waals surface area contributed by atoms with Crippen molar-refractivity contribution in [3.63, 3.8) is 0 Å². The molecule has 0 spiro atoms. The van der Waals surface area contributed by atoms with Crippen molar-refractivity contribution in [1.82, 2.24) is 15.6 Å². The molecular formula is C12H15N3O3. The van der Waals surface area contributed by atoms with E-state index in [0.29, 0.717) is 0 Å². The van der Waals surface area contributed by atoms with Gasteiger partial charge in [-0.2, -0.15) is 0 Å². The van der Waals surface area contributed by atoms with Gasteiger partial charge in [-0.3, -0.25) is 9.78 Å². The average Bonchev–Trinajstić information content (AvgIpc) is 2.40. The highest BCUT2D eigenvalue weighted by Gasteiger charge is 2.17. The van der Waals surface area contributed by atoms with E-state index in [2.05, 4.69) is 15.6 Å². The zero-order valence-corrected chi connectivity index (χ0v) is 9.85. The molecule has 18 heavy (non-hydrogen) atoms. The zero-order chi connectivity index (χ0) is 13.0. The van der Waals surface area contributed by atoms with Gasteiger partial charge >= 0.3 is 5.97 Å². The first-order valence-electron chi connectivity index (χ1n) is 5.88. The van der Waals surface area contributed by atoms with E-state index in [-0.39, 0.29) is 23.2 Å². The Hall–Kier alpha value is -1.95. The Morgan fingerprint density at radius 3 is 2.61 bits per heavy atom. The van der Waals surface area contributed by atoms with Crippen molar-refractivity contribution in [2.45, 2.75) is 18.9 Å². The summed E-state index contributed by atoms with van der Waals surface area (Å²) in [6.45, 7) is 1.80. The summed E-state index contributed by atoms with van der Waals surface area (Å²) in [6.07, 6.45) is 3.00. The number of aromatic nitrogens is 1. The Bertz CT molecular complexity index is 438. The van der Waals surface area contributed by atoms with Gasteiger partial charge in [-0.1, -0.05) is 0 Å². The quantitative estimate of drug-likeness (QED) is 0.715. The molecule has 0 aromatic carbocycles. The second kappa shape index (κ2) is 5.59. The maximum atomic E-state index is 11.9. The summed E-state index contributed by atoms with van der Waals surface area (Å²) in [4.78, 5) is 26.4. The normalized spacial score (nSPS) is 16.2. The molecule has 1 amide bonds. The number of carbonyl (C=O) groups is 2. The Labute approximate surface area is 104 Å². The van der Waals surface area contributed by atoms with Crippen molar-refractivity contribution in [3.8, 4) is 0 Å². The monoisotopic (exact) mass is 249 g/mol. The first-order chi connectivity index (χ1) is 8.66. The van der Waals surface area contributed by atoms with Gasteiger partial charge in [0.2, 0.25) is 0 Å². The minimum atomic E-state index is -1.05. The SMILES string of the molecule is O=C(O)c1ccc(C(=O)NC2CCNCC2)nc1. The molecule has 0 aliphatic carbocycles. The van der Waals surface area contributed by atoms with Gasteiger partial charge in [0, 0.05) is 12.2 Å². The maximum Gasteiger partial charge on any atom is 0.337 e. The van der Waals surface area contributed by atoms with Gasteiger partial charge in [0.15, 0.2) is 0 Å². The molecule has 0 unspecified atom stereocenters. The molecule has 0 saturated carbocycles. The molecule has 1 saturated heterocycles. The number of piperidine rings is 1. The van der Waals surface area contributed by atoms with Gasteiger partial charge in [-0.05, 0) is 38.1 Å². The molecule has 1 aromatic heterocycles. The van der Waals surface area contributed by atoms with Crippen LogP contribution in [0.5, 0.6) is 0 Å². The van der Waals surface area contributed by atoms with Crippen molar-refractivity contribution in [2.24, 2.45) is 0 Å². The molecule has 2 heterocycles. The first kappa shape index (κ1) is 12.5. The third-order valence-electron chi connectivity index (χ3n) is 2.92. The highest BCUT2D eigenvalue weighted by atomic mass is 16.4. The lowest BCUT2D eigenvalue weighted by atomic mass is 10.1. The van der Waals surface area contributed by atoms with Crippen molar-refractivity contribution < 1.29 is 14.7 Å². The van der Waals surface area contributed by atoms with Crippen LogP contribution in [0.1, 0.15) is 33.7 Å². The van der Waals surface area contributed by atoms with Crippen LogP contribution < -0.4 is 10.6 Å². The van der Waals surface area contributed by atoms with Gasteiger partial charge in [-0.15, -0.1) is 0 Å². The van der Waals surface area contributed by atoms with Gasteiger partial charge in [0.1, 0.15) is 5.69 Å². The minimum Gasteiger partial charge on any atom is -0.478 e. The zero-order valence-electron chi connectivity index (χ0n) is 9.85. The van der Waals surface area contributed by atoms with Crippen molar-refractivity contribution >= 4 is 11.9 Å². The fourth-order valence-corrected chi connectivity index (χ4v) is 1.88. The molecule has 1 fully saturated rings. The van der Waals surface area contributed by atoms with Gasteiger partial charge < -0.3 is 15.7 Å². The molecule has 6 heteroatoms. The second-order valence-electron chi connectivity index (χ2n) is 4.24. The molecule has 0 atom stereocenters. The Balaban J connectivity index is 1.97. The molecule has 3 N–H and O–H groups in total. The van der Waals surface area contributed by atoms with Crippen LogP contribution in [0.4, 0.5) is 0 Å². The number of hydrogen-bond acceptors (Lipinski definition) is 4. The number of rotatable bonds is 3. The molecule has 1 aliphatic heterocycles. The lowest BCUT2D eigenvalue weighted by Crippen LogP contribution is -2.42. The van der Waals surface area contributed by atoms with E-state index in [1.165, 1.54) is 18.3 Å². The average molecular weight is 249 g/mol. The number of aromatic carboxylic acids is 1. The topological polar surface area (TPSA) is 91.3 Å². The van der Waals surface area contributed by atoms with Crippen molar-refractivity contribution in [2.75, 3.05) is 13.1 Å². The summed E-state index contributed by atoms with van der Waals surface area (Å²) in [7, 11) is 0. The maximum absolute atomic E-state index is 11.9. The van der Waals surface area contributed by atoms with Crippen LogP contribution in [0.25, 0.3) is 0 Å². The van der Waals surface area contributed by atoms with E-state index in [4.69, 9.17) is 5.11 Å². The molecule has 96 valence electrons. The standard InChI is InChI=1S/C12H15N3O3/c16-11(15-9-3-5-13-6-4-9)10-2-1-8(7-14-10)12(17)18/h1-2,7,9,13H,3-6H2,(H,15,16)(H,17,18). The van der Waals surface area contributed by atoms with Crippen molar-refractivity contribution in [1.29, 1.82) is 0 Å². The Morgan fingerprint density at radius 1 is 1.33 bits per heavy atom. The minimum absolute atomic E-state index is 0.0772. The number of nitrogens with one attached hydrogen (secondary N) is 2. The number of amides is 1. The molecule has 2 rings (SSSR count). The smallest absolute Gasteiger partial charge is 0.337 e. The van der Waals surface area contributed by atoms with E-state index in [1.807, 2.05) is 0 Å². The van der Waals surface area contributed by atoms with Crippen molar-refractivity contribution in [3.05, 3.63) is 29.6 Å². The number of hydrogen-bond donors (Lipinski definition) is 3.